The lowest BCUT2D eigenvalue weighted by atomic mass is 10.1. The van der Waals surface area contributed by atoms with E-state index in [0.717, 1.165) is 32.1 Å². The topological polar surface area (TPSA) is 79.3 Å². The van der Waals surface area contributed by atoms with Crippen molar-refractivity contribution >= 4 is 11.9 Å². The van der Waals surface area contributed by atoms with Gasteiger partial charge in [-0.3, -0.25) is 14.6 Å². The second-order valence-corrected chi connectivity index (χ2v) is 5.47. The molecule has 5 nitrogen and oxygen atoms in total. The van der Waals surface area contributed by atoms with Crippen molar-refractivity contribution in [1.82, 2.24) is 10.3 Å². The van der Waals surface area contributed by atoms with Crippen LogP contribution in [0.4, 0.5) is 0 Å². The Hall–Kier alpha value is -1.91. The molecule has 1 rings (SSSR count). The first-order valence-electron chi connectivity index (χ1n) is 8.10. The lowest BCUT2D eigenvalue weighted by Crippen LogP contribution is -2.24. The van der Waals surface area contributed by atoms with Gasteiger partial charge in [0, 0.05) is 25.4 Å². The number of nitrogens with one attached hydrogen (secondary N) is 1. The molecule has 0 aliphatic heterocycles. The predicted octanol–water partition coefficient (Wildman–Crippen LogP) is 3.41. The van der Waals surface area contributed by atoms with E-state index in [0.29, 0.717) is 12.1 Å². The number of hydrogen-bond acceptors (Lipinski definition) is 3. The third kappa shape index (κ3) is 9.10. The maximum atomic E-state index is 11.7. The number of carboxylic acids is 1. The molecular formula is C17H26N2O3. The van der Waals surface area contributed by atoms with Crippen LogP contribution in [0.5, 0.6) is 0 Å². The standard InChI is InChI=1S/C17H26N2O3/c20-16(21)11-7-5-3-1-2-4-6-8-13-19-17(22)15-10-9-12-18-14-15/h9-10,12,14H,1-8,11,13H2,(H,19,22)(H,20,21). The Morgan fingerprint density at radius 3 is 2.23 bits per heavy atom. The largest absolute Gasteiger partial charge is 0.481 e. The number of aliphatic carboxylic acids is 1. The third-order valence-corrected chi connectivity index (χ3v) is 3.53. The van der Waals surface area contributed by atoms with E-state index in [4.69, 9.17) is 5.11 Å². The zero-order valence-electron chi connectivity index (χ0n) is 13.1. The number of carboxylic acid groups (broad SMARTS) is 1. The van der Waals surface area contributed by atoms with Gasteiger partial charge in [0.15, 0.2) is 0 Å². The molecule has 0 bridgehead atoms. The number of aromatic nitrogens is 1. The summed E-state index contributed by atoms with van der Waals surface area (Å²) in [5, 5.41) is 11.4. The molecule has 0 fully saturated rings. The lowest BCUT2D eigenvalue weighted by molar-refractivity contribution is -0.137. The number of pyridine rings is 1. The monoisotopic (exact) mass is 306 g/mol. The van der Waals surface area contributed by atoms with Crippen LogP contribution in [0.1, 0.15) is 68.1 Å². The van der Waals surface area contributed by atoms with Crippen LogP contribution < -0.4 is 5.32 Å². The Kier molecular flexibility index (Phi) is 9.66. The van der Waals surface area contributed by atoms with Gasteiger partial charge in [0.2, 0.25) is 0 Å². The minimum absolute atomic E-state index is 0.0634. The molecule has 0 spiro atoms. The predicted molar refractivity (Wildman–Crippen MR) is 85.8 cm³/mol. The van der Waals surface area contributed by atoms with Crippen LogP contribution in [0.2, 0.25) is 0 Å². The summed E-state index contributed by atoms with van der Waals surface area (Å²) in [6.07, 6.45) is 12.0. The number of unbranched alkanes of at least 4 members (excludes halogenated alkanes) is 7. The molecule has 0 aliphatic rings. The Morgan fingerprint density at radius 2 is 1.64 bits per heavy atom. The van der Waals surface area contributed by atoms with Crippen molar-refractivity contribution in [1.29, 1.82) is 0 Å². The Labute approximate surface area is 132 Å². The van der Waals surface area contributed by atoms with Crippen molar-refractivity contribution in [2.75, 3.05) is 6.54 Å². The van der Waals surface area contributed by atoms with Gasteiger partial charge in [0.25, 0.3) is 5.91 Å². The molecule has 0 aromatic carbocycles. The summed E-state index contributed by atoms with van der Waals surface area (Å²) in [6, 6.07) is 3.51. The van der Waals surface area contributed by atoms with Crippen molar-refractivity contribution < 1.29 is 14.7 Å². The second-order valence-electron chi connectivity index (χ2n) is 5.47. The van der Waals surface area contributed by atoms with E-state index in [1.54, 1.807) is 24.5 Å². The molecular weight excluding hydrogens is 280 g/mol. The first-order valence-corrected chi connectivity index (χ1v) is 8.10. The Balaban J connectivity index is 1.88. The summed E-state index contributed by atoms with van der Waals surface area (Å²) in [5.41, 5.74) is 0.601. The van der Waals surface area contributed by atoms with Gasteiger partial charge >= 0.3 is 5.97 Å². The summed E-state index contributed by atoms with van der Waals surface area (Å²) in [5.74, 6) is -0.764. The van der Waals surface area contributed by atoms with Crippen molar-refractivity contribution in [3.63, 3.8) is 0 Å². The van der Waals surface area contributed by atoms with E-state index in [-0.39, 0.29) is 12.3 Å². The number of amides is 1. The average Bonchev–Trinajstić information content (AvgIpc) is 2.53. The Bertz CT molecular complexity index is 435. The number of rotatable bonds is 12. The first kappa shape index (κ1) is 18.1. The van der Waals surface area contributed by atoms with Gasteiger partial charge in [-0.2, -0.15) is 0 Å². The van der Waals surface area contributed by atoms with Gasteiger partial charge in [-0.05, 0) is 25.0 Å². The van der Waals surface area contributed by atoms with Crippen LogP contribution in [0.3, 0.4) is 0 Å². The second kappa shape index (κ2) is 11.7. The quantitative estimate of drug-likeness (QED) is 0.580. The van der Waals surface area contributed by atoms with E-state index in [2.05, 4.69) is 10.3 Å². The normalized spacial score (nSPS) is 10.4. The highest BCUT2D eigenvalue weighted by molar-refractivity contribution is 5.93. The summed E-state index contributed by atoms with van der Waals surface area (Å²) in [4.78, 5) is 26.0. The van der Waals surface area contributed by atoms with Crippen molar-refractivity contribution in [2.24, 2.45) is 0 Å². The maximum Gasteiger partial charge on any atom is 0.303 e. The van der Waals surface area contributed by atoms with Gasteiger partial charge in [-0.1, -0.05) is 38.5 Å². The third-order valence-electron chi connectivity index (χ3n) is 3.53. The van der Waals surface area contributed by atoms with Crippen LogP contribution in [0, 0.1) is 0 Å². The van der Waals surface area contributed by atoms with Gasteiger partial charge < -0.3 is 10.4 Å². The molecule has 1 heterocycles. The molecule has 2 N–H and O–H groups in total. The molecule has 0 unspecified atom stereocenters. The molecule has 0 saturated heterocycles. The number of carbonyl (C=O) groups excluding carboxylic acids is 1. The number of nitrogens with zero attached hydrogens (tertiary/aromatic N) is 1. The van der Waals surface area contributed by atoms with Crippen molar-refractivity contribution in [3.8, 4) is 0 Å². The van der Waals surface area contributed by atoms with E-state index >= 15 is 0 Å². The minimum atomic E-state index is -0.701. The fourth-order valence-electron chi connectivity index (χ4n) is 2.26. The molecule has 0 atom stereocenters. The van der Waals surface area contributed by atoms with Crippen LogP contribution in [-0.4, -0.2) is 28.5 Å². The molecule has 0 saturated carbocycles. The van der Waals surface area contributed by atoms with Crippen molar-refractivity contribution in [2.45, 2.75) is 57.8 Å². The zero-order chi connectivity index (χ0) is 16.0. The number of hydrogen-bond donors (Lipinski definition) is 2. The van der Waals surface area contributed by atoms with Crippen LogP contribution in [0.25, 0.3) is 0 Å². The molecule has 22 heavy (non-hydrogen) atoms. The fraction of sp³-hybridized carbons (Fsp3) is 0.588. The lowest BCUT2D eigenvalue weighted by Gasteiger charge is -2.05. The highest BCUT2D eigenvalue weighted by Gasteiger charge is 2.03. The minimum Gasteiger partial charge on any atom is -0.481 e. The smallest absolute Gasteiger partial charge is 0.303 e. The molecule has 0 aliphatic carbocycles. The molecule has 1 amide bonds. The van der Waals surface area contributed by atoms with Gasteiger partial charge in [-0.15, -0.1) is 0 Å². The molecule has 1 aromatic rings. The summed E-state index contributed by atoms with van der Waals surface area (Å²) in [6.45, 7) is 0.701. The average molecular weight is 306 g/mol. The molecule has 5 heteroatoms. The molecule has 0 radical (unpaired) electrons. The van der Waals surface area contributed by atoms with E-state index in [1.165, 1.54) is 19.3 Å². The molecule has 122 valence electrons. The fourth-order valence-corrected chi connectivity index (χ4v) is 2.26. The van der Waals surface area contributed by atoms with Crippen molar-refractivity contribution in [3.05, 3.63) is 30.1 Å². The van der Waals surface area contributed by atoms with E-state index < -0.39 is 5.97 Å². The maximum absolute atomic E-state index is 11.7. The summed E-state index contributed by atoms with van der Waals surface area (Å²) in [7, 11) is 0. The first-order chi connectivity index (χ1) is 10.7. The van der Waals surface area contributed by atoms with E-state index in [1.807, 2.05) is 0 Å². The SMILES string of the molecule is O=C(O)CCCCCCCCCCNC(=O)c1cccnc1. The molecule has 1 aromatic heterocycles. The Morgan fingerprint density at radius 1 is 1.00 bits per heavy atom. The van der Waals surface area contributed by atoms with E-state index in [9.17, 15) is 9.59 Å². The van der Waals surface area contributed by atoms with Gasteiger partial charge in [0.05, 0.1) is 5.56 Å². The highest BCUT2D eigenvalue weighted by Crippen LogP contribution is 2.09. The number of carbonyl (C=O) groups is 2. The summed E-state index contributed by atoms with van der Waals surface area (Å²) < 4.78 is 0. The van der Waals surface area contributed by atoms with Gasteiger partial charge in [-0.25, -0.2) is 0 Å². The summed E-state index contributed by atoms with van der Waals surface area (Å²) >= 11 is 0. The van der Waals surface area contributed by atoms with Crippen LogP contribution >= 0.6 is 0 Å². The van der Waals surface area contributed by atoms with Gasteiger partial charge in [0.1, 0.15) is 0 Å². The van der Waals surface area contributed by atoms with Crippen LogP contribution in [-0.2, 0) is 4.79 Å². The zero-order valence-corrected chi connectivity index (χ0v) is 13.1. The van der Waals surface area contributed by atoms with Crippen LogP contribution in [0.15, 0.2) is 24.5 Å². The highest BCUT2D eigenvalue weighted by atomic mass is 16.4.